The quantitative estimate of drug-likeness (QED) is 0.821. The van der Waals surface area contributed by atoms with Crippen LogP contribution in [0.5, 0.6) is 0 Å². The highest BCUT2D eigenvalue weighted by atomic mass is 16.6. The fourth-order valence-corrected chi connectivity index (χ4v) is 1.70. The predicted octanol–water partition coefficient (Wildman–Crippen LogP) is 2.23. The third-order valence-electron chi connectivity index (χ3n) is 2.70. The third kappa shape index (κ3) is 3.47. The first-order chi connectivity index (χ1) is 8.79. The Morgan fingerprint density at radius 1 is 1.33 bits per heavy atom. The molecule has 0 aliphatic carbocycles. The van der Waals surface area contributed by atoms with Crippen molar-refractivity contribution >= 4 is 6.09 Å². The van der Waals surface area contributed by atoms with E-state index < -0.39 is 0 Å². The number of carbonyl (C=O) groups excluding carboxylic acids is 1. The first kappa shape index (κ1) is 12.9. The van der Waals surface area contributed by atoms with Crippen molar-refractivity contribution in [2.45, 2.75) is 6.61 Å². The van der Waals surface area contributed by atoms with Crippen LogP contribution in [0.3, 0.4) is 0 Å². The fraction of sp³-hybridized carbons (Fsp3) is 0.286. The lowest BCUT2D eigenvalue weighted by Gasteiger charge is -2.29. The molecule has 4 heteroatoms. The van der Waals surface area contributed by atoms with E-state index in [0.717, 1.165) is 11.7 Å². The Morgan fingerprint density at radius 2 is 2.11 bits per heavy atom. The summed E-state index contributed by atoms with van der Waals surface area (Å²) in [6, 6.07) is 9.62. The number of benzene rings is 1. The van der Waals surface area contributed by atoms with Gasteiger partial charge in [-0.05, 0) is 12.0 Å². The molecule has 2 rings (SSSR count). The average Bonchev–Trinajstić information content (AvgIpc) is 2.46. The Hall–Kier alpha value is -1.55. The molecule has 0 unspecified atom stereocenters. The molecule has 95 valence electrons. The van der Waals surface area contributed by atoms with Gasteiger partial charge in [-0.2, -0.15) is 0 Å². The van der Waals surface area contributed by atoms with Crippen LogP contribution in [0, 0.1) is 18.9 Å². The molecular weight excluding hydrogens is 230 g/mol. The van der Waals surface area contributed by atoms with E-state index in [0.29, 0.717) is 19.7 Å². The summed E-state index contributed by atoms with van der Waals surface area (Å²) < 4.78 is 10.4. The Balaban J connectivity index is 1.81. The smallest absolute Gasteiger partial charge is 0.410 e. The molecule has 18 heavy (non-hydrogen) atoms. The molecule has 0 spiro atoms. The second-order valence-electron chi connectivity index (χ2n) is 3.99. The van der Waals surface area contributed by atoms with Crippen molar-refractivity contribution in [1.82, 2.24) is 4.90 Å². The molecule has 1 saturated heterocycles. The van der Waals surface area contributed by atoms with Crippen LogP contribution in [0.25, 0.3) is 0 Å². The van der Waals surface area contributed by atoms with E-state index in [-0.39, 0.29) is 6.09 Å². The van der Waals surface area contributed by atoms with E-state index in [1.807, 2.05) is 43.2 Å². The standard InChI is InChI=1S/C14H16NO3/c1-17-13-8-5-9-15(10-13)14(16)18-11-12-6-3-2-4-7-12/h2-8H,9-11H2,1H3. The van der Waals surface area contributed by atoms with Crippen LogP contribution in [-0.4, -0.2) is 31.2 Å². The number of piperidine rings is 1. The molecule has 0 bridgehead atoms. The van der Waals surface area contributed by atoms with Crippen LogP contribution in [0.4, 0.5) is 4.79 Å². The number of likely N-dealkylation sites (tertiary alicyclic amines) is 1. The molecule has 0 aromatic heterocycles. The Bertz CT molecular complexity index is 380. The molecule has 1 aliphatic heterocycles. The zero-order valence-corrected chi connectivity index (χ0v) is 10.3. The van der Waals surface area contributed by atoms with Crippen molar-refractivity contribution in [1.29, 1.82) is 0 Å². The Morgan fingerprint density at radius 3 is 2.83 bits per heavy atom. The summed E-state index contributed by atoms with van der Waals surface area (Å²) in [7, 11) is 1.60. The van der Waals surface area contributed by atoms with E-state index in [1.165, 1.54) is 0 Å². The highest BCUT2D eigenvalue weighted by Gasteiger charge is 2.25. The molecule has 1 aliphatic rings. The average molecular weight is 246 g/mol. The molecule has 3 radical (unpaired) electrons. The van der Waals surface area contributed by atoms with Crippen LogP contribution in [0.15, 0.2) is 30.3 Å². The molecule has 1 heterocycles. The van der Waals surface area contributed by atoms with E-state index in [2.05, 4.69) is 0 Å². The van der Waals surface area contributed by atoms with Crippen LogP contribution >= 0.6 is 0 Å². The van der Waals surface area contributed by atoms with Crippen molar-refractivity contribution < 1.29 is 14.3 Å². The first-order valence-corrected chi connectivity index (χ1v) is 5.81. The van der Waals surface area contributed by atoms with Gasteiger partial charge in [-0.15, -0.1) is 0 Å². The van der Waals surface area contributed by atoms with Gasteiger partial charge in [-0.1, -0.05) is 30.3 Å². The van der Waals surface area contributed by atoms with Gasteiger partial charge >= 0.3 is 6.09 Å². The summed E-state index contributed by atoms with van der Waals surface area (Å²) in [5.74, 6) is 0. The number of rotatable bonds is 3. The molecule has 1 aromatic carbocycles. The van der Waals surface area contributed by atoms with Gasteiger partial charge in [-0.3, -0.25) is 0 Å². The lowest BCUT2D eigenvalue weighted by Crippen LogP contribution is -2.40. The van der Waals surface area contributed by atoms with Crippen LogP contribution in [0.2, 0.25) is 0 Å². The molecule has 0 N–H and O–H groups in total. The molecule has 1 aromatic rings. The van der Waals surface area contributed by atoms with Gasteiger partial charge in [0.15, 0.2) is 0 Å². The minimum Gasteiger partial charge on any atom is -0.445 e. The largest absolute Gasteiger partial charge is 0.445 e. The van der Waals surface area contributed by atoms with E-state index in [1.54, 1.807) is 12.0 Å². The minimum atomic E-state index is -0.322. The van der Waals surface area contributed by atoms with Crippen molar-refractivity contribution in [3.05, 3.63) is 54.8 Å². The van der Waals surface area contributed by atoms with Crippen LogP contribution in [0.1, 0.15) is 5.56 Å². The number of methoxy groups -OCH3 is 1. The highest BCUT2D eigenvalue weighted by Crippen LogP contribution is 2.17. The molecule has 1 amide bonds. The summed E-state index contributed by atoms with van der Waals surface area (Å²) in [5.41, 5.74) is 0.981. The second kappa shape index (κ2) is 6.40. The number of carbonyl (C=O) groups is 1. The van der Waals surface area contributed by atoms with Crippen molar-refractivity contribution in [2.75, 3.05) is 20.2 Å². The zero-order chi connectivity index (χ0) is 12.8. The van der Waals surface area contributed by atoms with Gasteiger partial charge in [0.2, 0.25) is 0 Å². The maximum atomic E-state index is 11.8. The lowest BCUT2D eigenvalue weighted by atomic mass is 10.1. The van der Waals surface area contributed by atoms with Crippen molar-refractivity contribution in [3.63, 3.8) is 0 Å². The number of ether oxygens (including phenoxy) is 2. The second-order valence-corrected chi connectivity index (χ2v) is 3.99. The highest BCUT2D eigenvalue weighted by molar-refractivity contribution is 5.68. The van der Waals surface area contributed by atoms with E-state index >= 15 is 0 Å². The number of hydrogen-bond acceptors (Lipinski definition) is 3. The lowest BCUT2D eigenvalue weighted by molar-refractivity contribution is 0.0842. The monoisotopic (exact) mass is 246 g/mol. The van der Waals surface area contributed by atoms with Gasteiger partial charge in [0.1, 0.15) is 12.7 Å². The normalized spacial score (nSPS) is 16.6. The molecule has 1 fully saturated rings. The molecular formula is C14H16NO3. The fourth-order valence-electron chi connectivity index (χ4n) is 1.70. The summed E-state index contributed by atoms with van der Waals surface area (Å²) >= 11 is 0. The van der Waals surface area contributed by atoms with Gasteiger partial charge < -0.3 is 14.4 Å². The zero-order valence-electron chi connectivity index (χ0n) is 10.3. The Labute approximate surface area is 107 Å². The third-order valence-corrected chi connectivity index (χ3v) is 2.70. The topological polar surface area (TPSA) is 38.8 Å². The summed E-state index contributed by atoms with van der Waals surface area (Å²) in [6.45, 7) is 1.31. The number of hydrogen-bond donors (Lipinski definition) is 0. The van der Waals surface area contributed by atoms with E-state index in [9.17, 15) is 4.79 Å². The van der Waals surface area contributed by atoms with Gasteiger partial charge in [0.25, 0.3) is 0 Å². The molecule has 0 atom stereocenters. The van der Waals surface area contributed by atoms with Crippen molar-refractivity contribution in [3.8, 4) is 0 Å². The summed E-state index contributed by atoms with van der Waals surface area (Å²) in [6.07, 6.45) is 4.20. The van der Waals surface area contributed by atoms with Crippen LogP contribution in [-0.2, 0) is 16.1 Å². The summed E-state index contributed by atoms with van der Waals surface area (Å²) in [5, 5.41) is 0. The summed E-state index contributed by atoms with van der Waals surface area (Å²) in [4.78, 5) is 13.4. The van der Waals surface area contributed by atoms with Gasteiger partial charge in [0, 0.05) is 20.1 Å². The van der Waals surface area contributed by atoms with Crippen molar-refractivity contribution in [2.24, 2.45) is 0 Å². The molecule has 4 nitrogen and oxygen atoms in total. The van der Waals surface area contributed by atoms with Gasteiger partial charge in [-0.25, -0.2) is 4.79 Å². The van der Waals surface area contributed by atoms with E-state index in [4.69, 9.17) is 9.47 Å². The Kier molecular flexibility index (Phi) is 4.59. The first-order valence-electron chi connectivity index (χ1n) is 5.81. The number of nitrogens with zero attached hydrogens (tertiary/aromatic N) is 1. The number of amides is 1. The SMILES string of the molecule is CO[C]1[CH][CH]CN(C(=O)OCc2ccccc2)C1. The molecule has 0 saturated carbocycles. The maximum absolute atomic E-state index is 11.8. The minimum absolute atomic E-state index is 0.294. The van der Waals surface area contributed by atoms with Crippen LogP contribution < -0.4 is 0 Å². The predicted molar refractivity (Wildman–Crippen MR) is 67.1 cm³/mol. The van der Waals surface area contributed by atoms with Gasteiger partial charge in [0.05, 0.1) is 6.54 Å². The maximum Gasteiger partial charge on any atom is 0.410 e.